The van der Waals surface area contributed by atoms with Gasteiger partial charge in [-0.15, -0.1) is 0 Å². The van der Waals surface area contributed by atoms with Crippen LogP contribution in [-0.4, -0.2) is 22.9 Å². The minimum atomic E-state index is -4.26. The van der Waals surface area contributed by atoms with Crippen LogP contribution in [0.25, 0.3) is 0 Å². The molecule has 0 bridgehead atoms. The lowest BCUT2D eigenvalue weighted by Crippen LogP contribution is -2.18. The summed E-state index contributed by atoms with van der Waals surface area (Å²) in [6, 6.07) is 0. The van der Waals surface area contributed by atoms with Crippen LogP contribution < -0.4 is 0 Å². The molecule has 0 saturated heterocycles. The Hall–Kier alpha value is 0.280. The molecule has 0 rings (SSSR count). The fourth-order valence-electron chi connectivity index (χ4n) is 1.17. The third-order valence-corrected chi connectivity index (χ3v) is 5.78. The molecule has 0 amide bonds. The molecule has 0 nitrogen and oxygen atoms in total. The van der Waals surface area contributed by atoms with Crippen LogP contribution in [0.3, 0.4) is 0 Å². The average Bonchev–Trinajstić information content (AvgIpc) is 2.18. The van der Waals surface area contributed by atoms with Crippen LogP contribution in [0, 0.1) is 0 Å². The van der Waals surface area contributed by atoms with Gasteiger partial charge in [-0.2, -0.15) is 26.3 Å². The Bertz CT molecular complexity index is 201. The van der Waals surface area contributed by atoms with Gasteiger partial charge in [0.15, 0.2) is 0 Å². The van der Waals surface area contributed by atoms with Crippen molar-refractivity contribution in [1.82, 2.24) is 0 Å². The first-order valence-corrected chi connectivity index (χ1v) is 7.80. The number of alkyl halides is 6. The molecule has 0 fully saturated rings. The van der Waals surface area contributed by atoms with E-state index in [2.05, 4.69) is 0 Å². The fraction of sp³-hybridized carbons (Fsp3) is 1.00. The van der Waals surface area contributed by atoms with Gasteiger partial charge in [0.2, 0.25) is 0 Å². The molecule has 0 aliphatic heterocycles. The summed E-state index contributed by atoms with van der Waals surface area (Å²) in [7, 11) is 1.84. The predicted molar refractivity (Wildman–Crippen MR) is 64.7 cm³/mol. The third kappa shape index (κ3) is 10.2. The highest BCUT2D eigenvalue weighted by molar-refractivity contribution is 8.77. The van der Waals surface area contributed by atoms with E-state index in [1.54, 1.807) is 13.8 Å². The van der Waals surface area contributed by atoms with Gasteiger partial charge >= 0.3 is 12.4 Å². The second kappa shape index (κ2) is 7.77. The first-order chi connectivity index (χ1) is 8.07. The van der Waals surface area contributed by atoms with Gasteiger partial charge in [0, 0.05) is 10.5 Å². The van der Waals surface area contributed by atoms with Crippen molar-refractivity contribution >= 4 is 21.6 Å². The Morgan fingerprint density at radius 3 is 1.17 bits per heavy atom. The first kappa shape index (κ1) is 18.3. The van der Waals surface area contributed by atoms with E-state index in [4.69, 9.17) is 0 Å². The van der Waals surface area contributed by atoms with Crippen LogP contribution in [0.15, 0.2) is 0 Å². The minimum absolute atomic E-state index is 0.291. The summed E-state index contributed by atoms with van der Waals surface area (Å²) >= 11 is 0. The first-order valence-electron chi connectivity index (χ1n) is 5.53. The van der Waals surface area contributed by atoms with Crippen molar-refractivity contribution in [3.63, 3.8) is 0 Å². The summed E-state index contributed by atoms with van der Waals surface area (Å²) in [6.45, 7) is 3.21. The molecule has 0 aliphatic carbocycles. The van der Waals surface area contributed by atoms with E-state index in [9.17, 15) is 26.3 Å². The van der Waals surface area contributed by atoms with Gasteiger partial charge in [0.25, 0.3) is 0 Å². The Labute approximate surface area is 111 Å². The summed E-state index contributed by atoms with van der Waals surface area (Å²) in [5.74, 6) is 0. The molecule has 0 saturated carbocycles. The Kier molecular flexibility index (Phi) is 7.89. The van der Waals surface area contributed by atoms with Crippen molar-refractivity contribution in [1.29, 1.82) is 0 Å². The van der Waals surface area contributed by atoms with E-state index >= 15 is 0 Å². The molecule has 18 heavy (non-hydrogen) atoms. The monoisotopic (exact) mass is 314 g/mol. The van der Waals surface area contributed by atoms with Gasteiger partial charge in [-0.3, -0.25) is 0 Å². The van der Waals surface area contributed by atoms with Crippen LogP contribution in [-0.2, 0) is 0 Å². The third-order valence-electron chi connectivity index (χ3n) is 2.16. The van der Waals surface area contributed by atoms with Gasteiger partial charge in [-0.1, -0.05) is 35.4 Å². The molecule has 0 aliphatic rings. The molecule has 0 aromatic heterocycles. The Balaban J connectivity index is 4.16. The number of halogens is 6. The molecular formula is C10H16F6S2. The van der Waals surface area contributed by atoms with E-state index in [-0.39, 0.29) is 0 Å². The standard InChI is InChI=1S/C10H16F6S2/c1-3-7(5-9(11,12)13)17-18-8(4-2)6-10(14,15)16/h7-8H,3-6H2,1-2H3. The lowest BCUT2D eigenvalue weighted by Gasteiger charge is -2.20. The molecule has 2 atom stereocenters. The zero-order valence-corrected chi connectivity index (χ0v) is 11.7. The molecule has 0 aromatic rings. The van der Waals surface area contributed by atoms with Crippen LogP contribution in [0.5, 0.6) is 0 Å². The predicted octanol–water partition coefficient (Wildman–Crippen LogP) is 5.83. The van der Waals surface area contributed by atoms with E-state index in [0.29, 0.717) is 12.8 Å². The maximum absolute atomic E-state index is 12.2. The van der Waals surface area contributed by atoms with Crippen LogP contribution in [0.2, 0.25) is 0 Å². The smallest absolute Gasteiger partial charge is 0.171 e. The summed E-state index contributed by atoms with van der Waals surface area (Å²) in [5, 5.41) is -1.37. The molecular weight excluding hydrogens is 298 g/mol. The van der Waals surface area contributed by atoms with Crippen molar-refractivity contribution in [3.05, 3.63) is 0 Å². The molecule has 2 unspecified atom stereocenters. The fourth-order valence-corrected chi connectivity index (χ4v) is 4.43. The van der Waals surface area contributed by atoms with E-state index in [0.717, 1.165) is 21.6 Å². The van der Waals surface area contributed by atoms with Gasteiger partial charge in [0.05, 0.1) is 12.8 Å². The molecule has 110 valence electrons. The Morgan fingerprint density at radius 1 is 0.722 bits per heavy atom. The molecule has 0 aromatic carbocycles. The van der Waals surface area contributed by atoms with Crippen LogP contribution >= 0.6 is 21.6 Å². The quantitative estimate of drug-likeness (QED) is 0.428. The van der Waals surface area contributed by atoms with Gasteiger partial charge in [0.1, 0.15) is 0 Å². The van der Waals surface area contributed by atoms with E-state index in [1.165, 1.54) is 0 Å². The molecule has 0 radical (unpaired) electrons. The maximum Gasteiger partial charge on any atom is 0.390 e. The lowest BCUT2D eigenvalue weighted by molar-refractivity contribution is -0.135. The van der Waals surface area contributed by atoms with Crippen molar-refractivity contribution in [3.8, 4) is 0 Å². The normalized spacial score (nSPS) is 16.7. The zero-order valence-electron chi connectivity index (χ0n) is 10.1. The maximum atomic E-state index is 12.2. The molecule has 0 spiro atoms. The highest BCUT2D eigenvalue weighted by Crippen LogP contribution is 2.42. The average molecular weight is 314 g/mol. The van der Waals surface area contributed by atoms with Crippen LogP contribution in [0.4, 0.5) is 26.3 Å². The van der Waals surface area contributed by atoms with Gasteiger partial charge in [-0.05, 0) is 12.8 Å². The zero-order chi connectivity index (χ0) is 14.4. The summed E-state index contributed by atoms with van der Waals surface area (Å²) in [4.78, 5) is 0. The van der Waals surface area contributed by atoms with Crippen LogP contribution in [0.1, 0.15) is 39.5 Å². The number of rotatable bonds is 7. The second-order valence-electron chi connectivity index (χ2n) is 3.89. The van der Waals surface area contributed by atoms with Crippen molar-refractivity contribution in [2.24, 2.45) is 0 Å². The Morgan fingerprint density at radius 2 is 1.00 bits per heavy atom. The van der Waals surface area contributed by atoms with Gasteiger partial charge < -0.3 is 0 Å². The summed E-state index contributed by atoms with van der Waals surface area (Å²) in [5.41, 5.74) is 0. The van der Waals surface area contributed by atoms with Crippen molar-refractivity contribution in [2.75, 3.05) is 0 Å². The molecule has 8 heteroatoms. The minimum Gasteiger partial charge on any atom is -0.171 e. The largest absolute Gasteiger partial charge is 0.390 e. The molecule has 0 N–H and O–H groups in total. The number of hydrogen-bond acceptors (Lipinski definition) is 2. The van der Waals surface area contributed by atoms with Crippen molar-refractivity contribution < 1.29 is 26.3 Å². The summed E-state index contributed by atoms with van der Waals surface area (Å²) in [6.07, 6.45) is -9.85. The topological polar surface area (TPSA) is 0 Å². The van der Waals surface area contributed by atoms with E-state index < -0.39 is 35.7 Å². The van der Waals surface area contributed by atoms with E-state index in [1.807, 2.05) is 0 Å². The highest BCUT2D eigenvalue weighted by Gasteiger charge is 2.34. The SMILES string of the molecule is CCC(CC(F)(F)F)SSC(CC)CC(F)(F)F. The second-order valence-corrected chi connectivity index (χ2v) is 6.76. The van der Waals surface area contributed by atoms with Gasteiger partial charge in [-0.25, -0.2) is 0 Å². The van der Waals surface area contributed by atoms with Crippen molar-refractivity contribution in [2.45, 2.75) is 62.4 Å². The number of hydrogen-bond donors (Lipinski definition) is 0. The highest BCUT2D eigenvalue weighted by atomic mass is 33.1. The lowest BCUT2D eigenvalue weighted by atomic mass is 10.2. The summed E-state index contributed by atoms with van der Waals surface area (Å²) < 4.78 is 73.0. The molecule has 0 heterocycles.